The van der Waals surface area contributed by atoms with E-state index in [-0.39, 0.29) is 5.91 Å². The first kappa shape index (κ1) is 14.8. The Kier molecular flexibility index (Phi) is 5.32. The molecule has 0 spiro atoms. The number of carbonyl (C=O) groups excluding carboxylic acids is 1. The standard InChI is InChI=1S/C15H24N4O/c1-11(2)9-10-16-15(20)13-7-8-14(19-18-13)17-12-5-3-4-6-12/h7-8,11-12H,3-6,9-10H2,1-2H3,(H,16,20)(H,17,19). The van der Waals surface area contributed by atoms with Crippen molar-refractivity contribution in [3.05, 3.63) is 17.8 Å². The van der Waals surface area contributed by atoms with Gasteiger partial charge in [-0.1, -0.05) is 26.7 Å². The van der Waals surface area contributed by atoms with E-state index in [9.17, 15) is 4.79 Å². The van der Waals surface area contributed by atoms with E-state index in [1.165, 1.54) is 25.7 Å². The van der Waals surface area contributed by atoms with Crippen LogP contribution < -0.4 is 10.6 Å². The normalized spacial score (nSPS) is 15.6. The predicted octanol–water partition coefficient (Wildman–Crippen LogP) is 2.61. The quantitative estimate of drug-likeness (QED) is 0.838. The number of hydrogen-bond donors (Lipinski definition) is 2. The van der Waals surface area contributed by atoms with Gasteiger partial charge < -0.3 is 10.6 Å². The fourth-order valence-corrected chi connectivity index (χ4v) is 2.37. The van der Waals surface area contributed by atoms with E-state index in [4.69, 9.17) is 0 Å². The third-order valence-electron chi connectivity index (χ3n) is 3.61. The van der Waals surface area contributed by atoms with Crippen molar-refractivity contribution in [3.63, 3.8) is 0 Å². The van der Waals surface area contributed by atoms with Crippen molar-refractivity contribution in [2.75, 3.05) is 11.9 Å². The lowest BCUT2D eigenvalue weighted by atomic mass is 10.1. The molecule has 5 nitrogen and oxygen atoms in total. The molecule has 0 unspecified atom stereocenters. The summed E-state index contributed by atoms with van der Waals surface area (Å²) in [6, 6.07) is 4.08. The number of rotatable bonds is 6. The minimum Gasteiger partial charge on any atom is -0.366 e. The maximum absolute atomic E-state index is 11.8. The van der Waals surface area contributed by atoms with Crippen LogP contribution in [-0.2, 0) is 0 Å². The number of amides is 1. The highest BCUT2D eigenvalue weighted by Gasteiger charge is 2.15. The minimum absolute atomic E-state index is 0.148. The van der Waals surface area contributed by atoms with Crippen LogP contribution in [-0.4, -0.2) is 28.7 Å². The fraction of sp³-hybridized carbons (Fsp3) is 0.667. The highest BCUT2D eigenvalue weighted by atomic mass is 16.1. The second-order valence-corrected chi connectivity index (χ2v) is 5.87. The van der Waals surface area contributed by atoms with Crippen LogP contribution in [0.3, 0.4) is 0 Å². The summed E-state index contributed by atoms with van der Waals surface area (Å²) >= 11 is 0. The van der Waals surface area contributed by atoms with Crippen LogP contribution in [0.15, 0.2) is 12.1 Å². The largest absolute Gasteiger partial charge is 0.366 e. The highest BCUT2D eigenvalue weighted by molar-refractivity contribution is 5.92. The molecular weight excluding hydrogens is 252 g/mol. The number of hydrogen-bond acceptors (Lipinski definition) is 4. The molecule has 1 aromatic heterocycles. The summed E-state index contributed by atoms with van der Waals surface area (Å²) in [4.78, 5) is 11.8. The molecule has 0 atom stereocenters. The lowest BCUT2D eigenvalue weighted by Crippen LogP contribution is -2.26. The van der Waals surface area contributed by atoms with Crippen LogP contribution in [0.1, 0.15) is 56.4 Å². The number of nitrogens with one attached hydrogen (secondary N) is 2. The van der Waals surface area contributed by atoms with Crippen molar-refractivity contribution in [2.45, 2.75) is 52.0 Å². The second-order valence-electron chi connectivity index (χ2n) is 5.87. The Morgan fingerprint density at radius 2 is 2.05 bits per heavy atom. The molecule has 0 aromatic carbocycles. The Bertz CT molecular complexity index is 424. The molecule has 1 aliphatic carbocycles. The molecule has 0 aliphatic heterocycles. The predicted molar refractivity (Wildman–Crippen MR) is 79.7 cm³/mol. The lowest BCUT2D eigenvalue weighted by molar-refractivity contribution is 0.0946. The van der Waals surface area contributed by atoms with E-state index in [1.54, 1.807) is 6.07 Å². The lowest BCUT2D eigenvalue weighted by Gasteiger charge is -2.12. The summed E-state index contributed by atoms with van der Waals surface area (Å²) in [6.07, 6.45) is 5.92. The minimum atomic E-state index is -0.148. The van der Waals surface area contributed by atoms with Crippen molar-refractivity contribution >= 4 is 11.7 Å². The number of nitrogens with zero attached hydrogens (tertiary/aromatic N) is 2. The monoisotopic (exact) mass is 276 g/mol. The zero-order chi connectivity index (χ0) is 14.4. The van der Waals surface area contributed by atoms with Gasteiger partial charge in [0.2, 0.25) is 0 Å². The molecule has 0 bridgehead atoms. The van der Waals surface area contributed by atoms with E-state index in [1.807, 2.05) is 6.07 Å². The zero-order valence-corrected chi connectivity index (χ0v) is 12.4. The van der Waals surface area contributed by atoms with Crippen LogP contribution in [0.25, 0.3) is 0 Å². The molecule has 110 valence electrons. The van der Waals surface area contributed by atoms with E-state index in [0.29, 0.717) is 24.2 Å². The third kappa shape index (κ3) is 4.47. The maximum atomic E-state index is 11.8. The smallest absolute Gasteiger partial charge is 0.271 e. The van der Waals surface area contributed by atoms with Crippen LogP contribution in [0.4, 0.5) is 5.82 Å². The molecule has 2 rings (SSSR count). The van der Waals surface area contributed by atoms with E-state index in [2.05, 4.69) is 34.7 Å². The van der Waals surface area contributed by atoms with Gasteiger partial charge in [-0.25, -0.2) is 0 Å². The average molecular weight is 276 g/mol. The maximum Gasteiger partial charge on any atom is 0.271 e. The summed E-state index contributed by atoms with van der Waals surface area (Å²) in [6.45, 7) is 4.95. The van der Waals surface area contributed by atoms with Crippen LogP contribution >= 0.6 is 0 Å². The van der Waals surface area contributed by atoms with Gasteiger partial charge in [0.15, 0.2) is 5.69 Å². The molecular formula is C15H24N4O. The Labute approximate surface area is 120 Å². The Morgan fingerprint density at radius 3 is 2.65 bits per heavy atom. The summed E-state index contributed by atoms with van der Waals surface area (Å²) in [7, 11) is 0. The summed E-state index contributed by atoms with van der Waals surface area (Å²) in [5.41, 5.74) is 0.380. The molecule has 1 fully saturated rings. The van der Waals surface area contributed by atoms with E-state index < -0.39 is 0 Å². The SMILES string of the molecule is CC(C)CCNC(=O)c1ccc(NC2CCCC2)nn1. The second kappa shape index (κ2) is 7.22. The molecule has 0 saturated heterocycles. The summed E-state index contributed by atoms with van der Waals surface area (Å²) in [5, 5.41) is 14.3. The van der Waals surface area contributed by atoms with Crippen molar-refractivity contribution in [1.82, 2.24) is 15.5 Å². The van der Waals surface area contributed by atoms with Gasteiger partial charge in [0.1, 0.15) is 5.82 Å². The van der Waals surface area contributed by atoms with Crippen molar-refractivity contribution in [3.8, 4) is 0 Å². The first-order valence-electron chi connectivity index (χ1n) is 7.53. The first-order chi connectivity index (χ1) is 9.65. The molecule has 2 N–H and O–H groups in total. The van der Waals surface area contributed by atoms with Gasteiger partial charge in [0, 0.05) is 12.6 Å². The average Bonchev–Trinajstić information content (AvgIpc) is 2.92. The molecule has 20 heavy (non-hydrogen) atoms. The molecule has 1 saturated carbocycles. The van der Waals surface area contributed by atoms with E-state index in [0.717, 1.165) is 12.2 Å². The van der Waals surface area contributed by atoms with Gasteiger partial charge in [-0.2, -0.15) is 0 Å². The number of aromatic nitrogens is 2. The van der Waals surface area contributed by atoms with Gasteiger partial charge in [-0.05, 0) is 37.3 Å². The fourth-order valence-electron chi connectivity index (χ4n) is 2.37. The van der Waals surface area contributed by atoms with Crippen LogP contribution in [0.5, 0.6) is 0 Å². The van der Waals surface area contributed by atoms with Crippen LogP contribution in [0.2, 0.25) is 0 Å². The van der Waals surface area contributed by atoms with Crippen LogP contribution in [0, 0.1) is 5.92 Å². The molecule has 1 aromatic rings. The van der Waals surface area contributed by atoms with E-state index >= 15 is 0 Å². The summed E-state index contributed by atoms with van der Waals surface area (Å²) in [5.74, 6) is 1.19. The molecule has 0 radical (unpaired) electrons. The summed E-state index contributed by atoms with van der Waals surface area (Å²) < 4.78 is 0. The molecule has 1 aliphatic rings. The van der Waals surface area contributed by atoms with Crippen molar-refractivity contribution < 1.29 is 4.79 Å². The number of carbonyl (C=O) groups is 1. The molecule has 1 amide bonds. The molecule has 1 heterocycles. The van der Waals surface area contributed by atoms with Gasteiger partial charge in [0.25, 0.3) is 5.91 Å². The zero-order valence-electron chi connectivity index (χ0n) is 12.4. The Hall–Kier alpha value is -1.65. The van der Waals surface area contributed by atoms with Gasteiger partial charge >= 0.3 is 0 Å². The van der Waals surface area contributed by atoms with Crippen molar-refractivity contribution in [1.29, 1.82) is 0 Å². The van der Waals surface area contributed by atoms with Gasteiger partial charge in [0.05, 0.1) is 0 Å². The Morgan fingerprint density at radius 1 is 1.30 bits per heavy atom. The van der Waals surface area contributed by atoms with Gasteiger partial charge in [-0.15, -0.1) is 10.2 Å². The topological polar surface area (TPSA) is 66.9 Å². The highest BCUT2D eigenvalue weighted by Crippen LogP contribution is 2.20. The van der Waals surface area contributed by atoms with Crippen molar-refractivity contribution in [2.24, 2.45) is 5.92 Å². The third-order valence-corrected chi connectivity index (χ3v) is 3.61. The Balaban J connectivity index is 1.82. The molecule has 5 heteroatoms. The first-order valence-corrected chi connectivity index (χ1v) is 7.53. The number of anilines is 1. The van der Waals surface area contributed by atoms with Gasteiger partial charge in [-0.3, -0.25) is 4.79 Å².